The molecule has 0 aliphatic rings. The normalized spacial score (nSPS) is 15.7. The van der Waals surface area contributed by atoms with Crippen LogP contribution in [0.2, 0.25) is 0 Å². The number of hydrogen-bond donors (Lipinski definition) is 0. The second-order valence-corrected chi connectivity index (χ2v) is 7.07. The first-order chi connectivity index (χ1) is 8.23. The molecule has 1 atom stereocenters. The number of carbonyl (C=O) groups is 1. The van der Waals surface area contributed by atoms with Crippen molar-refractivity contribution in [2.75, 3.05) is 19.8 Å². The minimum Gasteiger partial charge on any atom is -0.344 e. The minimum absolute atomic E-state index is 0.176. The predicted molar refractivity (Wildman–Crippen MR) is 70.7 cm³/mol. The highest BCUT2D eigenvalue weighted by Crippen LogP contribution is 2.57. The van der Waals surface area contributed by atoms with Gasteiger partial charge in [-0.1, -0.05) is 20.8 Å². The van der Waals surface area contributed by atoms with Gasteiger partial charge in [0.15, 0.2) is 0 Å². The molecule has 5 nitrogen and oxygen atoms in total. The van der Waals surface area contributed by atoms with Crippen LogP contribution in [0.4, 0.5) is 0 Å². The summed E-state index contributed by atoms with van der Waals surface area (Å²) in [5.41, 5.74) is -1.22. The predicted octanol–water partition coefficient (Wildman–Crippen LogP) is 3.23. The molecule has 0 aliphatic heterocycles. The first kappa shape index (κ1) is 17.8. The van der Waals surface area contributed by atoms with Crippen molar-refractivity contribution in [2.45, 2.75) is 47.6 Å². The Balaban J connectivity index is 5.33. The average Bonchev–Trinajstić information content (AvgIpc) is 2.26. The summed E-state index contributed by atoms with van der Waals surface area (Å²) < 4.78 is 28.6. The van der Waals surface area contributed by atoms with Crippen molar-refractivity contribution in [3.05, 3.63) is 0 Å². The molecule has 0 heterocycles. The Hall–Kier alpha value is -0.220. The summed E-state index contributed by atoms with van der Waals surface area (Å²) in [4.78, 5) is 12.3. The third-order valence-corrected chi connectivity index (χ3v) is 4.87. The summed E-state index contributed by atoms with van der Waals surface area (Å²) in [5.74, 6) is 0. The van der Waals surface area contributed by atoms with E-state index in [2.05, 4.69) is 0 Å². The van der Waals surface area contributed by atoms with Crippen molar-refractivity contribution >= 4 is 12.9 Å². The third-order valence-electron chi connectivity index (χ3n) is 2.14. The Morgan fingerprint density at radius 1 is 1.06 bits per heavy atom. The average molecular weight is 280 g/mol. The summed E-state index contributed by atoms with van der Waals surface area (Å²) in [6.07, 6.45) is 0. The van der Waals surface area contributed by atoms with Gasteiger partial charge in [-0.3, -0.25) is 9.36 Å². The molecule has 0 fully saturated rings. The molecule has 0 N–H and O–H groups in total. The summed E-state index contributed by atoms with van der Waals surface area (Å²) in [6.45, 7) is 11.1. The highest BCUT2D eigenvalue weighted by atomic mass is 31.2. The molecule has 0 rings (SSSR count). The molecule has 0 radical (unpaired) electrons. The Morgan fingerprint density at radius 3 is 1.78 bits per heavy atom. The van der Waals surface area contributed by atoms with Crippen LogP contribution in [0.1, 0.15) is 41.5 Å². The zero-order valence-corrected chi connectivity index (χ0v) is 13.1. The summed E-state index contributed by atoms with van der Waals surface area (Å²) in [5, 5.41) is 0. The van der Waals surface area contributed by atoms with Gasteiger partial charge in [-0.2, -0.15) is 0 Å². The van der Waals surface area contributed by atoms with Crippen molar-refractivity contribution in [1.82, 2.24) is 0 Å². The van der Waals surface area contributed by atoms with Crippen LogP contribution in [0.3, 0.4) is 0 Å². The molecule has 1 unspecified atom stereocenters. The molecule has 0 aromatic heterocycles. The molecule has 0 saturated heterocycles. The smallest absolute Gasteiger partial charge is 0.321 e. The molecular formula is C12H25O5P. The zero-order valence-electron chi connectivity index (χ0n) is 12.2. The third kappa shape index (κ3) is 4.47. The van der Waals surface area contributed by atoms with E-state index < -0.39 is 24.3 Å². The summed E-state index contributed by atoms with van der Waals surface area (Å²) in [6, 6.07) is -1.11. The van der Waals surface area contributed by atoms with Crippen LogP contribution in [0.25, 0.3) is 0 Å². The van der Waals surface area contributed by atoms with Crippen LogP contribution in [-0.2, 0) is 23.4 Å². The molecular weight excluding hydrogens is 255 g/mol. The molecule has 0 aliphatic carbocycles. The van der Waals surface area contributed by atoms with Gasteiger partial charge in [0.05, 0.1) is 6.61 Å². The van der Waals surface area contributed by atoms with Crippen LogP contribution in [-0.4, -0.2) is 31.4 Å². The topological polar surface area (TPSA) is 61.8 Å². The Morgan fingerprint density at radius 2 is 1.50 bits per heavy atom. The van der Waals surface area contributed by atoms with E-state index in [9.17, 15) is 9.36 Å². The lowest BCUT2D eigenvalue weighted by molar-refractivity contribution is -0.124. The van der Waals surface area contributed by atoms with E-state index in [1.807, 2.05) is 0 Å². The van der Waals surface area contributed by atoms with Crippen LogP contribution >= 0.6 is 7.37 Å². The van der Waals surface area contributed by atoms with Gasteiger partial charge in [-0.25, -0.2) is 0 Å². The quantitative estimate of drug-likeness (QED) is 0.504. The second kappa shape index (κ2) is 7.39. The first-order valence-electron chi connectivity index (χ1n) is 6.26. The monoisotopic (exact) mass is 280 g/mol. The molecule has 0 amide bonds. The molecule has 0 aromatic rings. The molecule has 0 aromatic carbocycles. The van der Waals surface area contributed by atoms with Gasteiger partial charge in [0.25, 0.3) is 0 Å². The molecule has 0 saturated carbocycles. The lowest BCUT2D eigenvalue weighted by atomic mass is 9.99. The first-order valence-corrected chi connectivity index (χ1v) is 7.95. The van der Waals surface area contributed by atoms with Gasteiger partial charge in [-0.15, -0.1) is 0 Å². The van der Waals surface area contributed by atoms with Crippen LogP contribution in [0, 0.1) is 5.41 Å². The van der Waals surface area contributed by atoms with Crippen molar-refractivity contribution in [3.63, 3.8) is 0 Å². The van der Waals surface area contributed by atoms with Gasteiger partial charge in [-0.05, 0) is 20.8 Å². The lowest BCUT2D eigenvalue weighted by Crippen LogP contribution is -2.30. The Bertz CT molecular complexity index is 302. The number of hydrogen-bond acceptors (Lipinski definition) is 5. The molecule has 18 heavy (non-hydrogen) atoms. The van der Waals surface area contributed by atoms with Crippen LogP contribution in [0.5, 0.6) is 0 Å². The lowest BCUT2D eigenvalue weighted by Gasteiger charge is -2.29. The fourth-order valence-corrected chi connectivity index (χ4v) is 3.84. The number of rotatable bonds is 8. The van der Waals surface area contributed by atoms with Crippen molar-refractivity contribution in [3.8, 4) is 0 Å². The van der Waals surface area contributed by atoms with Crippen molar-refractivity contribution < 1.29 is 23.4 Å². The molecule has 108 valence electrons. The maximum atomic E-state index is 12.8. The molecule has 0 bridgehead atoms. The van der Waals surface area contributed by atoms with E-state index in [1.165, 1.54) is 0 Å². The number of carbonyl (C=O) groups excluding carboxylic acids is 1. The summed E-state index contributed by atoms with van der Waals surface area (Å²) >= 11 is 0. The van der Waals surface area contributed by atoms with E-state index in [0.717, 1.165) is 0 Å². The standard InChI is InChI=1S/C12H25O5P/c1-7-15-11(16-8-2)18(14,17-9-3)10(13)12(4,5)6/h11H,7-9H2,1-6H3. The van der Waals surface area contributed by atoms with E-state index >= 15 is 0 Å². The number of ether oxygens (including phenoxy) is 2. The fourth-order valence-electron chi connectivity index (χ4n) is 1.40. The van der Waals surface area contributed by atoms with E-state index in [1.54, 1.807) is 41.5 Å². The maximum absolute atomic E-state index is 12.8. The van der Waals surface area contributed by atoms with Crippen LogP contribution < -0.4 is 0 Å². The Labute approximate surface area is 110 Å². The van der Waals surface area contributed by atoms with Gasteiger partial charge in [0, 0.05) is 18.6 Å². The van der Waals surface area contributed by atoms with Crippen molar-refractivity contribution in [2.24, 2.45) is 5.41 Å². The second-order valence-electron chi connectivity index (χ2n) is 4.79. The minimum atomic E-state index is -3.66. The molecule has 0 spiro atoms. The van der Waals surface area contributed by atoms with Gasteiger partial charge in [0.1, 0.15) is 0 Å². The summed E-state index contributed by atoms with van der Waals surface area (Å²) in [7, 11) is -3.66. The van der Waals surface area contributed by atoms with Gasteiger partial charge in [0.2, 0.25) is 11.6 Å². The SMILES string of the molecule is CCOC(OCC)P(=O)(OCC)C(=O)C(C)(C)C. The Kier molecular flexibility index (Phi) is 7.30. The van der Waals surface area contributed by atoms with E-state index in [4.69, 9.17) is 14.0 Å². The fraction of sp³-hybridized carbons (Fsp3) is 0.917. The maximum Gasteiger partial charge on any atom is 0.321 e. The van der Waals surface area contributed by atoms with Gasteiger partial charge >= 0.3 is 7.37 Å². The van der Waals surface area contributed by atoms with Crippen molar-refractivity contribution in [1.29, 1.82) is 0 Å². The highest BCUT2D eigenvalue weighted by molar-refractivity contribution is 7.76. The zero-order chi connectivity index (χ0) is 14.4. The van der Waals surface area contributed by atoms with E-state index in [-0.39, 0.29) is 6.61 Å². The van der Waals surface area contributed by atoms with E-state index in [0.29, 0.717) is 13.2 Å². The molecule has 6 heteroatoms. The largest absolute Gasteiger partial charge is 0.344 e. The van der Waals surface area contributed by atoms with Crippen LogP contribution in [0.15, 0.2) is 0 Å². The van der Waals surface area contributed by atoms with Gasteiger partial charge < -0.3 is 14.0 Å². The highest BCUT2D eigenvalue weighted by Gasteiger charge is 2.48.